The lowest BCUT2D eigenvalue weighted by Crippen LogP contribution is -2.56. The van der Waals surface area contributed by atoms with Gasteiger partial charge in [0.15, 0.2) is 0 Å². The number of hydrogen-bond donors (Lipinski definition) is 1. The summed E-state index contributed by atoms with van der Waals surface area (Å²) in [6.07, 6.45) is 1.25. The molecule has 0 aromatic heterocycles. The van der Waals surface area contributed by atoms with Crippen molar-refractivity contribution in [3.63, 3.8) is 0 Å². The molecule has 0 unspecified atom stereocenters. The third-order valence-electron chi connectivity index (χ3n) is 6.33. The van der Waals surface area contributed by atoms with E-state index in [1.165, 1.54) is 18.1 Å². The zero-order chi connectivity index (χ0) is 30.4. The minimum Gasteiger partial charge on any atom is -0.495 e. The molecule has 0 saturated carbocycles. The third-order valence-corrected chi connectivity index (χ3v) is 7.69. The SMILES string of the molecule is COc1ccc(Cl)cc1N(CC(=O)N(Cc1ccc(C)cc1)[C@@H](Cc1ccccc1)C(=O)NC(C)(C)C)S(C)(=O)=O. The van der Waals surface area contributed by atoms with Crippen molar-refractivity contribution in [2.75, 3.05) is 24.2 Å². The number of hydrogen-bond acceptors (Lipinski definition) is 5. The van der Waals surface area contributed by atoms with E-state index >= 15 is 0 Å². The molecule has 0 spiro atoms. The number of methoxy groups -OCH3 is 1. The quantitative estimate of drug-likeness (QED) is 0.335. The number of carbonyl (C=O) groups is 2. The molecule has 220 valence electrons. The third kappa shape index (κ3) is 9.23. The van der Waals surface area contributed by atoms with E-state index in [-0.39, 0.29) is 35.3 Å². The minimum absolute atomic E-state index is 0.0957. The van der Waals surface area contributed by atoms with Crippen molar-refractivity contribution in [3.05, 3.63) is 94.5 Å². The molecule has 10 heteroatoms. The number of rotatable bonds is 11. The predicted molar refractivity (Wildman–Crippen MR) is 164 cm³/mol. The van der Waals surface area contributed by atoms with Crippen molar-refractivity contribution in [2.24, 2.45) is 0 Å². The highest BCUT2D eigenvalue weighted by molar-refractivity contribution is 7.92. The Morgan fingerprint density at radius 3 is 2.17 bits per heavy atom. The van der Waals surface area contributed by atoms with Crippen LogP contribution in [0.3, 0.4) is 0 Å². The van der Waals surface area contributed by atoms with Gasteiger partial charge >= 0.3 is 0 Å². The number of sulfonamides is 1. The van der Waals surface area contributed by atoms with Crippen LogP contribution in [0.25, 0.3) is 0 Å². The summed E-state index contributed by atoms with van der Waals surface area (Å²) in [6.45, 7) is 7.10. The molecular weight excluding hydrogens is 562 g/mol. The van der Waals surface area contributed by atoms with Crippen molar-refractivity contribution in [1.29, 1.82) is 0 Å². The highest BCUT2D eigenvalue weighted by atomic mass is 35.5. The van der Waals surface area contributed by atoms with E-state index in [2.05, 4.69) is 5.32 Å². The van der Waals surface area contributed by atoms with Crippen molar-refractivity contribution in [3.8, 4) is 5.75 Å². The summed E-state index contributed by atoms with van der Waals surface area (Å²) in [5, 5.41) is 3.29. The van der Waals surface area contributed by atoms with Gasteiger partial charge in [-0.25, -0.2) is 8.42 Å². The lowest BCUT2D eigenvalue weighted by molar-refractivity contribution is -0.140. The number of aryl methyl sites for hydroxylation is 1. The number of amides is 2. The van der Waals surface area contributed by atoms with Gasteiger partial charge in [0.25, 0.3) is 0 Å². The van der Waals surface area contributed by atoms with Crippen LogP contribution in [0.2, 0.25) is 5.02 Å². The van der Waals surface area contributed by atoms with E-state index in [0.717, 1.165) is 27.3 Å². The van der Waals surface area contributed by atoms with E-state index < -0.39 is 34.1 Å². The highest BCUT2D eigenvalue weighted by Crippen LogP contribution is 2.33. The van der Waals surface area contributed by atoms with Crippen LogP contribution in [-0.4, -0.2) is 56.6 Å². The maximum atomic E-state index is 14.2. The largest absolute Gasteiger partial charge is 0.495 e. The first-order valence-electron chi connectivity index (χ1n) is 13.2. The standard InChI is InChI=1S/C31H38ClN3O5S/c1-22-12-14-24(15-13-22)20-34(27(30(37)33-31(2,3)4)18-23-10-8-7-9-11-23)29(36)21-35(41(6,38)39)26-19-25(32)16-17-28(26)40-5/h7-17,19,27H,18,20-21H2,1-6H3,(H,33,37)/t27-/m0/s1. The fourth-order valence-electron chi connectivity index (χ4n) is 4.35. The molecule has 0 aliphatic carbocycles. The number of nitrogens with zero attached hydrogens (tertiary/aromatic N) is 2. The van der Waals surface area contributed by atoms with Gasteiger partial charge in [-0.1, -0.05) is 71.8 Å². The van der Waals surface area contributed by atoms with Crippen molar-refractivity contribution >= 4 is 39.1 Å². The Morgan fingerprint density at radius 1 is 0.976 bits per heavy atom. The van der Waals surface area contributed by atoms with Gasteiger partial charge in [0.1, 0.15) is 18.3 Å². The number of ether oxygens (including phenoxy) is 1. The van der Waals surface area contributed by atoms with E-state index in [9.17, 15) is 18.0 Å². The molecule has 0 heterocycles. The molecule has 1 N–H and O–H groups in total. The predicted octanol–water partition coefficient (Wildman–Crippen LogP) is 4.98. The molecule has 0 radical (unpaired) electrons. The number of carbonyl (C=O) groups excluding carboxylic acids is 2. The van der Waals surface area contributed by atoms with Gasteiger partial charge in [-0.3, -0.25) is 13.9 Å². The van der Waals surface area contributed by atoms with E-state index in [4.69, 9.17) is 16.3 Å². The maximum Gasteiger partial charge on any atom is 0.244 e. The molecule has 3 rings (SSSR count). The van der Waals surface area contributed by atoms with Gasteiger partial charge in [0, 0.05) is 23.5 Å². The average molecular weight is 600 g/mol. The van der Waals surface area contributed by atoms with Crippen LogP contribution in [0.4, 0.5) is 5.69 Å². The molecule has 0 fully saturated rings. The van der Waals surface area contributed by atoms with Crippen LogP contribution in [-0.2, 0) is 32.6 Å². The summed E-state index contributed by atoms with van der Waals surface area (Å²) in [4.78, 5) is 29.4. The lowest BCUT2D eigenvalue weighted by Gasteiger charge is -2.35. The van der Waals surface area contributed by atoms with Crippen LogP contribution in [0.15, 0.2) is 72.8 Å². The van der Waals surface area contributed by atoms with Crippen molar-refractivity contribution in [1.82, 2.24) is 10.2 Å². The minimum atomic E-state index is -3.96. The van der Waals surface area contributed by atoms with Crippen molar-refractivity contribution < 1.29 is 22.7 Å². The normalized spacial score (nSPS) is 12.4. The van der Waals surface area contributed by atoms with Gasteiger partial charge in [-0.2, -0.15) is 0 Å². The van der Waals surface area contributed by atoms with Gasteiger partial charge in [0.2, 0.25) is 21.8 Å². The summed E-state index contributed by atoms with van der Waals surface area (Å²) in [6, 6.07) is 20.7. The Kier molecular flexibility index (Phi) is 10.4. The molecule has 0 bridgehead atoms. The van der Waals surface area contributed by atoms with Crippen LogP contribution < -0.4 is 14.4 Å². The molecular formula is C31H38ClN3O5S. The Hall–Kier alpha value is -3.56. The molecule has 3 aromatic carbocycles. The average Bonchev–Trinajstić information content (AvgIpc) is 2.89. The molecule has 2 amide bonds. The second-order valence-corrected chi connectivity index (χ2v) is 13.4. The second kappa shape index (κ2) is 13.4. The van der Waals surface area contributed by atoms with E-state index in [1.807, 2.05) is 82.3 Å². The van der Waals surface area contributed by atoms with E-state index in [1.54, 1.807) is 12.1 Å². The van der Waals surface area contributed by atoms with Gasteiger partial charge < -0.3 is 15.0 Å². The smallest absolute Gasteiger partial charge is 0.244 e. The summed E-state index contributed by atoms with van der Waals surface area (Å²) < 4.78 is 32.4. The van der Waals surface area contributed by atoms with Crippen molar-refractivity contribution in [2.45, 2.75) is 52.2 Å². The Bertz CT molecular complexity index is 1460. The zero-order valence-electron chi connectivity index (χ0n) is 24.3. The summed E-state index contributed by atoms with van der Waals surface area (Å²) in [7, 11) is -2.55. The van der Waals surface area contributed by atoms with Crippen LogP contribution >= 0.6 is 11.6 Å². The number of benzene rings is 3. The number of nitrogens with one attached hydrogen (secondary N) is 1. The molecule has 0 aliphatic heterocycles. The Morgan fingerprint density at radius 2 is 1.61 bits per heavy atom. The topological polar surface area (TPSA) is 96.0 Å². The number of anilines is 1. The Labute approximate surface area is 248 Å². The van der Waals surface area contributed by atoms with Crippen LogP contribution in [0.1, 0.15) is 37.5 Å². The maximum absolute atomic E-state index is 14.2. The summed E-state index contributed by atoms with van der Waals surface area (Å²) >= 11 is 6.21. The fraction of sp³-hybridized carbons (Fsp3) is 0.355. The monoisotopic (exact) mass is 599 g/mol. The molecule has 1 atom stereocenters. The zero-order valence-corrected chi connectivity index (χ0v) is 25.9. The molecule has 3 aromatic rings. The van der Waals surface area contributed by atoms with Crippen LogP contribution in [0.5, 0.6) is 5.75 Å². The first kappa shape index (κ1) is 32.0. The molecule has 41 heavy (non-hydrogen) atoms. The second-order valence-electron chi connectivity index (χ2n) is 11.0. The van der Waals surface area contributed by atoms with Gasteiger partial charge in [-0.05, 0) is 57.0 Å². The number of halogens is 1. The highest BCUT2D eigenvalue weighted by Gasteiger charge is 2.35. The first-order chi connectivity index (χ1) is 19.2. The van der Waals surface area contributed by atoms with Crippen LogP contribution in [0, 0.1) is 6.92 Å². The fourth-order valence-corrected chi connectivity index (χ4v) is 5.36. The van der Waals surface area contributed by atoms with E-state index in [0.29, 0.717) is 0 Å². The molecule has 0 saturated heterocycles. The van der Waals surface area contributed by atoms with Gasteiger partial charge in [-0.15, -0.1) is 0 Å². The lowest BCUT2D eigenvalue weighted by atomic mass is 10.0. The molecule has 0 aliphatic rings. The van der Waals surface area contributed by atoms with Gasteiger partial charge in [0.05, 0.1) is 19.1 Å². The molecule has 8 nitrogen and oxygen atoms in total. The summed E-state index contributed by atoms with van der Waals surface area (Å²) in [5.41, 5.74) is 2.29. The first-order valence-corrected chi connectivity index (χ1v) is 15.4. The summed E-state index contributed by atoms with van der Waals surface area (Å²) in [5.74, 6) is -0.653. The Balaban J connectivity index is 2.11.